The van der Waals surface area contributed by atoms with Gasteiger partial charge in [-0.25, -0.2) is 9.37 Å². The molecule has 0 aliphatic carbocycles. The lowest BCUT2D eigenvalue weighted by Crippen LogP contribution is -2.05. The number of halogens is 1. The predicted molar refractivity (Wildman–Crippen MR) is 102 cm³/mol. The Morgan fingerprint density at radius 2 is 1.82 bits per heavy atom. The highest BCUT2D eigenvalue weighted by molar-refractivity contribution is 5.80. The number of nitrogens with one attached hydrogen (secondary N) is 3. The van der Waals surface area contributed by atoms with Crippen LogP contribution in [0.15, 0.2) is 54.6 Å². The van der Waals surface area contributed by atoms with Gasteiger partial charge in [-0.15, -0.1) is 0 Å². The molecule has 2 heterocycles. The zero-order chi connectivity index (χ0) is 19.5. The minimum absolute atomic E-state index is 0.0944. The molecule has 0 fully saturated rings. The number of anilines is 3. The summed E-state index contributed by atoms with van der Waals surface area (Å²) >= 11 is 0. The normalized spacial score (nSPS) is 10.8. The highest BCUT2D eigenvalue weighted by Gasteiger charge is 2.17. The molecule has 0 amide bonds. The number of aromatic nitrogens is 4. The van der Waals surface area contributed by atoms with Crippen molar-refractivity contribution < 1.29 is 9.31 Å². The third-order valence-corrected chi connectivity index (χ3v) is 4.04. The molecule has 0 saturated carbocycles. The van der Waals surface area contributed by atoms with Crippen LogP contribution in [0.5, 0.6) is 0 Å². The summed E-state index contributed by atoms with van der Waals surface area (Å²) in [4.78, 5) is 15.1. The Balaban J connectivity index is 1.57. The van der Waals surface area contributed by atoms with Crippen LogP contribution in [-0.2, 0) is 6.54 Å². The quantitative estimate of drug-likeness (QED) is 0.344. The minimum atomic E-state index is -0.506. The summed E-state index contributed by atoms with van der Waals surface area (Å²) in [6.07, 6.45) is 0. The number of rotatable bonds is 6. The van der Waals surface area contributed by atoms with Crippen molar-refractivity contribution in [3.05, 3.63) is 76.1 Å². The van der Waals surface area contributed by atoms with Crippen LogP contribution < -0.4 is 10.6 Å². The Bertz CT molecular complexity index is 1140. The van der Waals surface area contributed by atoms with E-state index in [1.807, 2.05) is 0 Å². The molecule has 4 rings (SSSR count). The Labute approximate surface area is 157 Å². The van der Waals surface area contributed by atoms with Crippen molar-refractivity contribution in [1.29, 1.82) is 0 Å². The van der Waals surface area contributed by atoms with E-state index in [9.17, 15) is 14.5 Å². The van der Waals surface area contributed by atoms with Crippen molar-refractivity contribution in [3.8, 4) is 0 Å². The number of nitro groups is 1. The second-order valence-corrected chi connectivity index (χ2v) is 5.95. The minimum Gasteiger partial charge on any atom is -0.366 e. The molecule has 10 heteroatoms. The molecule has 0 spiro atoms. The van der Waals surface area contributed by atoms with Gasteiger partial charge in [0.05, 0.1) is 4.92 Å². The van der Waals surface area contributed by atoms with Crippen LogP contribution in [0.4, 0.5) is 27.4 Å². The van der Waals surface area contributed by atoms with Gasteiger partial charge in [-0.2, -0.15) is 15.4 Å². The lowest BCUT2D eigenvalue weighted by atomic mass is 10.2. The van der Waals surface area contributed by atoms with Crippen molar-refractivity contribution in [2.45, 2.75) is 6.54 Å². The average molecular weight is 379 g/mol. The summed E-state index contributed by atoms with van der Waals surface area (Å²) in [6, 6.07) is 14.1. The number of H-pyrrole nitrogens is 1. The Hall–Kier alpha value is -4.08. The van der Waals surface area contributed by atoms with E-state index < -0.39 is 4.92 Å². The lowest BCUT2D eigenvalue weighted by Gasteiger charge is -2.10. The molecule has 28 heavy (non-hydrogen) atoms. The van der Waals surface area contributed by atoms with Crippen LogP contribution in [0.2, 0.25) is 0 Å². The van der Waals surface area contributed by atoms with Gasteiger partial charge in [0, 0.05) is 18.3 Å². The molecule has 0 unspecified atom stereocenters. The topological polar surface area (TPSA) is 122 Å². The predicted octanol–water partition coefficient (Wildman–Crippen LogP) is 3.76. The van der Waals surface area contributed by atoms with Gasteiger partial charge in [0.2, 0.25) is 5.82 Å². The second-order valence-electron chi connectivity index (χ2n) is 5.95. The standard InChI is InChI=1S/C18H14FN7O2/c19-12-3-1-11(2-4-12)10-20-17-8-7-16(26(27)28)18(22-17)21-13-5-6-14-15(9-13)24-25-23-14/h1-9H,10H2,(H2,20,21,22)(H,23,24,25). The number of hydrogen-bond donors (Lipinski definition) is 3. The van der Waals surface area contributed by atoms with Crippen LogP contribution in [0, 0.1) is 15.9 Å². The van der Waals surface area contributed by atoms with Crippen molar-refractivity contribution >= 4 is 34.0 Å². The van der Waals surface area contributed by atoms with Gasteiger partial charge in [-0.1, -0.05) is 12.1 Å². The Morgan fingerprint density at radius 1 is 1.04 bits per heavy atom. The monoisotopic (exact) mass is 379 g/mol. The number of pyridine rings is 1. The highest BCUT2D eigenvalue weighted by atomic mass is 19.1. The van der Waals surface area contributed by atoms with E-state index in [1.165, 1.54) is 24.3 Å². The van der Waals surface area contributed by atoms with Crippen molar-refractivity contribution in [3.63, 3.8) is 0 Å². The molecule has 0 saturated heterocycles. The first-order valence-electron chi connectivity index (χ1n) is 8.30. The van der Waals surface area contributed by atoms with Gasteiger partial charge in [0.25, 0.3) is 0 Å². The molecular formula is C18H14FN7O2. The van der Waals surface area contributed by atoms with Gasteiger partial charge in [0.15, 0.2) is 0 Å². The van der Waals surface area contributed by atoms with Crippen molar-refractivity contribution in [2.24, 2.45) is 0 Å². The summed E-state index contributed by atoms with van der Waals surface area (Å²) in [7, 11) is 0. The largest absolute Gasteiger partial charge is 0.366 e. The molecular weight excluding hydrogens is 365 g/mol. The second kappa shape index (κ2) is 7.27. The summed E-state index contributed by atoms with van der Waals surface area (Å²) in [5.74, 6) is 0.227. The van der Waals surface area contributed by atoms with E-state index >= 15 is 0 Å². The van der Waals surface area contributed by atoms with E-state index in [0.29, 0.717) is 29.1 Å². The maximum absolute atomic E-state index is 13.0. The van der Waals surface area contributed by atoms with E-state index in [-0.39, 0.29) is 17.3 Å². The average Bonchev–Trinajstić information content (AvgIpc) is 3.15. The van der Waals surface area contributed by atoms with Gasteiger partial charge in [-0.3, -0.25) is 10.1 Å². The maximum Gasteiger partial charge on any atom is 0.311 e. The molecule has 3 N–H and O–H groups in total. The van der Waals surface area contributed by atoms with Crippen LogP contribution >= 0.6 is 0 Å². The fourth-order valence-electron chi connectivity index (χ4n) is 2.64. The Morgan fingerprint density at radius 3 is 2.61 bits per heavy atom. The van der Waals surface area contributed by atoms with Gasteiger partial charge < -0.3 is 10.6 Å². The van der Waals surface area contributed by atoms with Crippen molar-refractivity contribution in [2.75, 3.05) is 10.6 Å². The smallest absolute Gasteiger partial charge is 0.311 e. The van der Waals surface area contributed by atoms with Crippen molar-refractivity contribution in [1.82, 2.24) is 20.4 Å². The van der Waals surface area contributed by atoms with Gasteiger partial charge in [-0.05, 0) is 42.0 Å². The number of benzene rings is 2. The fourth-order valence-corrected chi connectivity index (χ4v) is 2.64. The van der Waals surface area contributed by atoms with E-state index in [1.54, 1.807) is 30.3 Å². The molecule has 4 aromatic rings. The molecule has 0 radical (unpaired) electrons. The molecule has 2 aromatic carbocycles. The molecule has 2 aromatic heterocycles. The molecule has 9 nitrogen and oxygen atoms in total. The fraction of sp³-hybridized carbons (Fsp3) is 0.0556. The first-order chi connectivity index (χ1) is 13.6. The first-order valence-corrected chi connectivity index (χ1v) is 8.30. The highest BCUT2D eigenvalue weighted by Crippen LogP contribution is 2.28. The third kappa shape index (κ3) is 3.70. The summed E-state index contributed by atoms with van der Waals surface area (Å²) in [5.41, 5.74) is 2.59. The number of fused-ring (bicyclic) bond motifs is 1. The summed E-state index contributed by atoms with van der Waals surface area (Å²) in [6.45, 7) is 0.398. The third-order valence-electron chi connectivity index (χ3n) is 4.04. The maximum atomic E-state index is 13.0. The van der Waals surface area contributed by atoms with Crippen LogP contribution in [0.1, 0.15) is 5.56 Å². The SMILES string of the molecule is O=[N+]([O-])c1ccc(NCc2ccc(F)cc2)nc1Nc1ccc2n[nH]nc2c1. The van der Waals surface area contributed by atoms with Crippen LogP contribution in [0.3, 0.4) is 0 Å². The number of nitrogens with zero attached hydrogens (tertiary/aromatic N) is 4. The first kappa shape index (κ1) is 17.3. The van der Waals surface area contributed by atoms with E-state index in [4.69, 9.17) is 0 Å². The molecule has 140 valence electrons. The summed E-state index contributed by atoms with van der Waals surface area (Å²) in [5, 5.41) is 27.9. The number of hydrogen-bond acceptors (Lipinski definition) is 7. The van der Waals surface area contributed by atoms with Gasteiger partial charge >= 0.3 is 5.69 Å². The van der Waals surface area contributed by atoms with Crippen LogP contribution in [-0.4, -0.2) is 25.3 Å². The Kier molecular flexibility index (Phi) is 4.50. The zero-order valence-electron chi connectivity index (χ0n) is 14.4. The van der Waals surface area contributed by atoms with E-state index in [2.05, 4.69) is 31.0 Å². The lowest BCUT2D eigenvalue weighted by molar-refractivity contribution is -0.384. The summed E-state index contributed by atoms with van der Waals surface area (Å²) < 4.78 is 13.0. The van der Waals surface area contributed by atoms with E-state index in [0.717, 1.165) is 5.56 Å². The van der Waals surface area contributed by atoms with Gasteiger partial charge in [0.1, 0.15) is 22.7 Å². The number of aromatic amines is 1. The molecule has 0 aliphatic rings. The zero-order valence-corrected chi connectivity index (χ0v) is 14.4. The molecule has 0 atom stereocenters. The molecule has 0 bridgehead atoms. The van der Waals surface area contributed by atoms with Crippen LogP contribution in [0.25, 0.3) is 11.0 Å². The molecule has 0 aliphatic heterocycles.